The number of nitrogens with one attached hydrogen (secondary N) is 1. The molecule has 16 heavy (non-hydrogen) atoms. The van der Waals surface area contributed by atoms with Gasteiger partial charge in [-0.05, 0) is 32.1 Å². The molecule has 1 N–H and O–H groups in total. The fourth-order valence-electron chi connectivity index (χ4n) is 2.14. The zero-order valence-corrected chi connectivity index (χ0v) is 11.0. The number of hydrogen-bond acceptors (Lipinski definition) is 2. The first-order valence-corrected chi connectivity index (χ1v) is 6.68. The minimum Gasteiger partial charge on any atom is -0.341 e. The number of nitrogens with zero attached hydrogens (tertiary/aromatic N) is 1. The van der Waals surface area contributed by atoms with Gasteiger partial charge < -0.3 is 10.2 Å². The summed E-state index contributed by atoms with van der Waals surface area (Å²) in [4.78, 5) is 14.0. The van der Waals surface area contributed by atoms with Gasteiger partial charge in [0.2, 0.25) is 5.91 Å². The van der Waals surface area contributed by atoms with Crippen molar-refractivity contribution in [2.24, 2.45) is 5.92 Å². The van der Waals surface area contributed by atoms with Crippen LogP contribution in [-0.4, -0.2) is 36.5 Å². The van der Waals surface area contributed by atoms with E-state index in [0.29, 0.717) is 12.6 Å². The van der Waals surface area contributed by atoms with Crippen LogP contribution >= 0.6 is 0 Å². The predicted molar refractivity (Wildman–Crippen MR) is 67.4 cm³/mol. The van der Waals surface area contributed by atoms with E-state index in [4.69, 9.17) is 0 Å². The molecule has 0 aromatic rings. The Hall–Kier alpha value is -0.570. The Bertz CT molecular complexity index is 218. The molecule has 1 amide bonds. The van der Waals surface area contributed by atoms with Crippen molar-refractivity contribution < 1.29 is 4.79 Å². The van der Waals surface area contributed by atoms with Crippen LogP contribution in [0.3, 0.4) is 0 Å². The van der Waals surface area contributed by atoms with Gasteiger partial charge >= 0.3 is 0 Å². The molecule has 0 aromatic heterocycles. The van der Waals surface area contributed by atoms with E-state index in [9.17, 15) is 4.79 Å². The molecule has 94 valence electrons. The maximum atomic E-state index is 11.9. The molecule has 2 unspecified atom stereocenters. The summed E-state index contributed by atoms with van der Waals surface area (Å²) >= 11 is 0. The molecular formula is C13H26N2O. The van der Waals surface area contributed by atoms with Crippen LogP contribution in [-0.2, 0) is 4.79 Å². The number of piperidine rings is 1. The van der Waals surface area contributed by atoms with Crippen LogP contribution in [0.25, 0.3) is 0 Å². The van der Waals surface area contributed by atoms with Gasteiger partial charge in [-0.15, -0.1) is 0 Å². The number of amides is 1. The summed E-state index contributed by atoms with van der Waals surface area (Å²) in [5.74, 6) is 1.000. The molecular weight excluding hydrogens is 200 g/mol. The third-order valence-electron chi connectivity index (χ3n) is 3.66. The lowest BCUT2D eigenvalue weighted by Gasteiger charge is -2.32. The lowest BCUT2D eigenvalue weighted by Crippen LogP contribution is -2.45. The highest BCUT2D eigenvalue weighted by molar-refractivity contribution is 5.78. The standard InChI is InChI=1S/C13H26N2O/c1-4-11(3)14-9-13(16)15-8-6-7-12(5-2)10-15/h11-12,14H,4-10H2,1-3H3. The zero-order valence-electron chi connectivity index (χ0n) is 11.0. The molecule has 3 heteroatoms. The van der Waals surface area contributed by atoms with E-state index in [0.717, 1.165) is 25.4 Å². The fraction of sp³-hybridized carbons (Fsp3) is 0.923. The molecule has 1 fully saturated rings. The van der Waals surface area contributed by atoms with Crippen LogP contribution in [0.5, 0.6) is 0 Å². The minimum absolute atomic E-state index is 0.276. The van der Waals surface area contributed by atoms with Crippen molar-refractivity contribution in [1.29, 1.82) is 0 Å². The molecule has 0 bridgehead atoms. The van der Waals surface area contributed by atoms with Crippen molar-refractivity contribution in [2.75, 3.05) is 19.6 Å². The Morgan fingerprint density at radius 2 is 2.25 bits per heavy atom. The van der Waals surface area contributed by atoms with E-state index in [-0.39, 0.29) is 5.91 Å². The second kappa shape index (κ2) is 6.89. The minimum atomic E-state index is 0.276. The quantitative estimate of drug-likeness (QED) is 0.778. The van der Waals surface area contributed by atoms with E-state index >= 15 is 0 Å². The highest BCUT2D eigenvalue weighted by Crippen LogP contribution is 2.18. The number of rotatable bonds is 5. The summed E-state index contributed by atoms with van der Waals surface area (Å²) in [6.07, 6.45) is 4.74. The van der Waals surface area contributed by atoms with Crippen molar-refractivity contribution in [1.82, 2.24) is 10.2 Å². The lowest BCUT2D eigenvalue weighted by atomic mass is 9.95. The average molecular weight is 226 g/mol. The van der Waals surface area contributed by atoms with E-state index in [1.807, 2.05) is 4.90 Å². The monoisotopic (exact) mass is 226 g/mol. The molecule has 1 rings (SSSR count). The molecule has 3 nitrogen and oxygen atoms in total. The van der Waals surface area contributed by atoms with Crippen LogP contribution < -0.4 is 5.32 Å². The van der Waals surface area contributed by atoms with Gasteiger partial charge in [-0.1, -0.05) is 20.3 Å². The SMILES string of the molecule is CCC1CCCN(C(=O)CNC(C)CC)C1. The van der Waals surface area contributed by atoms with Gasteiger partial charge in [0, 0.05) is 19.1 Å². The van der Waals surface area contributed by atoms with Crippen molar-refractivity contribution >= 4 is 5.91 Å². The Morgan fingerprint density at radius 1 is 1.50 bits per heavy atom. The van der Waals surface area contributed by atoms with Crippen LogP contribution in [0.15, 0.2) is 0 Å². The molecule has 0 saturated carbocycles. The van der Waals surface area contributed by atoms with E-state index < -0.39 is 0 Å². The summed E-state index contributed by atoms with van der Waals surface area (Å²) in [5.41, 5.74) is 0. The van der Waals surface area contributed by atoms with Gasteiger partial charge in [0.1, 0.15) is 0 Å². The highest BCUT2D eigenvalue weighted by Gasteiger charge is 2.22. The molecule has 1 aliphatic rings. The van der Waals surface area contributed by atoms with Crippen molar-refractivity contribution in [3.05, 3.63) is 0 Å². The van der Waals surface area contributed by atoms with Crippen molar-refractivity contribution in [2.45, 2.75) is 52.5 Å². The van der Waals surface area contributed by atoms with E-state index in [2.05, 4.69) is 26.1 Å². The molecule has 1 aliphatic heterocycles. The maximum Gasteiger partial charge on any atom is 0.236 e. The summed E-state index contributed by atoms with van der Waals surface area (Å²) in [6, 6.07) is 0.440. The zero-order chi connectivity index (χ0) is 12.0. The van der Waals surface area contributed by atoms with Gasteiger partial charge in [-0.3, -0.25) is 4.79 Å². The first kappa shape index (κ1) is 13.5. The first-order valence-electron chi connectivity index (χ1n) is 6.68. The summed E-state index contributed by atoms with van der Waals surface area (Å²) in [5, 5.41) is 3.27. The molecule has 1 saturated heterocycles. The predicted octanol–water partition coefficient (Wildman–Crippen LogP) is 2.02. The average Bonchev–Trinajstić information content (AvgIpc) is 2.35. The number of hydrogen-bond donors (Lipinski definition) is 1. The van der Waals surface area contributed by atoms with Gasteiger partial charge in [0.25, 0.3) is 0 Å². The van der Waals surface area contributed by atoms with Gasteiger partial charge in [-0.25, -0.2) is 0 Å². The molecule has 0 radical (unpaired) electrons. The maximum absolute atomic E-state index is 11.9. The fourth-order valence-corrected chi connectivity index (χ4v) is 2.14. The van der Waals surface area contributed by atoms with Gasteiger partial charge in [0.15, 0.2) is 0 Å². The normalized spacial score (nSPS) is 23.2. The summed E-state index contributed by atoms with van der Waals surface area (Å²) < 4.78 is 0. The largest absolute Gasteiger partial charge is 0.341 e. The van der Waals surface area contributed by atoms with Crippen LogP contribution in [0.2, 0.25) is 0 Å². The molecule has 1 heterocycles. The molecule has 0 aromatic carbocycles. The number of carbonyl (C=O) groups is 1. The first-order chi connectivity index (χ1) is 7.67. The highest BCUT2D eigenvalue weighted by atomic mass is 16.2. The Labute approximate surface area is 99.6 Å². The van der Waals surface area contributed by atoms with Crippen LogP contribution in [0.1, 0.15) is 46.5 Å². The lowest BCUT2D eigenvalue weighted by molar-refractivity contribution is -0.132. The van der Waals surface area contributed by atoms with Gasteiger partial charge in [-0.2, -0.15) is 0 Å². The van der Waals surface area contributed by atoms with Crippen LogP contribution in [0, 0.1) is 5.92 Å². The molecule has 0 spiro atoms. The van der Waals surface area contributed by atoms with E-state index in [1.54, 1.807) is 0 Å². The second-order valence-corrected chi connectivity index (χ2v) is 4.95. The number of carbonyl (C=O) groups excluding carboxylic acids is 1. The Kier molecular flexibility index (Phi) is 5.81. The molecule has 0 aliphatic carbocycles. The van der Waals surface area contributed by atoms with E-state index in [1.165, 1.54) is 19.3 Å². The summed E-state index contributed by atoms with van der Waals surface area (Å²) in [6.45, 7) is 8.91. The van der Waals surface area contributed by atoms with Gasteiger partial charge in [0.05, 0.1) is 6.54 Å². The van der Waals surface area contributed by atoms with Crippen molar-refractivity contribution in [3.63, 3.8) is 0 Å². The third kappa shape index (κ3) is 4.12. The number of likely N-dealkylation sites (tertiary alicyclic amines) is 1. The van der Waals surface area contributed by atoms with Crippen molar-refractivity contribution in [3.8, 4) is 0 Å². The Morgan fingerprint density at radius 3 is 2.88 bits per heavy atom. The smallest absolute Gasteiger partial charge is 0.236 e. The molecule has 2 atom stereocenters. The summed E-state index contributed by atoms with van der Waals surface area (Å²) in [7, 11) is 0. The topological polar surface area (TPSA) is 32.3 Å². The second-order valence-electron chi connectivity index (χ2n) is 4.95. The third-order valence-corrected chi connectivity index (χ3v) is 3.66. The Balaban J connectivity index is 2.30. The van der Waals surface area contributed by atoms with Crippen LogP contribution in [0.4, 0.5) is 0 Å².